The van der Waals surface area contributed by atoms with Crippen LogP contribution in [0.4, 0.5) is 0 Å². The van der Waals surface area contributed by atoms with E-state index in [0.29, 0.717) is 29.5 Å². The summed E-state index contributed by atoms with van der Waals surface area (Å²) in [6, 6.07) is 9.65. The summed E-state index contributed by atoms with van der Waals surface area (Å²) >= 11 is 1.33. The average molecular weight is 426 g/mol. The molecule has 4 rings (SSSR count). The number of amides is 1. The van der Waals surface area contributed by atoms with Gasteiger partial charge >= 0.3 is 5.97 Å². The summed E-state index contributed by atoms with van der Waals surface area (Å²) in [4.78, 5) is 29.5. The maximum atomic E-state index is 12.7. The molecule has 0 saturated heterocycles. The molecule has 30 heavy (non-hydrogen) atoms. The summed E-state index contributed by atoms with van der Waals surface area (Å²) in [5, 5.41) is 0. The van der Waals surface area contributed by atoms with Crippen LogP contribution in [0.1, 0.15) is 16.7 Å². The van der Waals surface area contributed by atoms with E-state index in [2.05, 4.69) is 4.99 Å². The summed E-state index contributed by atoms with van der Waals surface area (Å²) in [6.45, 7) is 4.90. The van der Waals surface area contributed by atoms with Crippen molar-refractivity contribution in [2.75, 3.05) is 20.3 Å². The van der Waals surface area contributed by atoms with E-state index in [1.807, 2.05) is 44.2 Å². The smallest absolute Gasteiger partial charge is 0.325 e. The molecular weight excluding hydrogens is 404 g/mol. The minimum absolute atomic E-state index is 0.0498. The van der Waals surface area contributed by atoms with E-state index in [9.17, 15) is 9.59 Å². The summed E-state index contributed by atoms with van der Waals surface area (Å²) in [7, 11) is 1.33. The molecule has 156 valence electrons. The molecule has 0 atom stereocenters. The van der Waals surface area contributed by atoms with Gasteiger partial charge in [0, 0.05) is 12.1 Å². The lowest BCUT2D eigenvalue weighted by molar-refractivity contribution is -0.141. The van der Waals surface area contributed by atoms with Gasteiger partial charge in [0.05, 0.1) is 23.7 Å². The zero-order valence-corrected chi connectivity index (χ0v) is 17.9. The van der Waals surface area contributed by atoms with Gasteiger partial charge in [-0.2, -0.15) is 4.99 Å². The molecule has 2 heterocycles. The number of nitrogens with zero attached hydrogens (tertiary/aromatic N) is 2. The van der Waals surface area contributed by atoms with Crippen LogP contribution < -0.4 is 14.3 Å². The van der Waals surface area contributed by atoms with Gasteiger partial charge in [0.25, 0.3) is 5.91 Å². The predicted octanol–water partition coefficient (Wildman–Crippen LogP) is 2.93. The van der Waals surface area contributed by atoms with Gasteiger partial charge in [0.2, 0.25) is 0 Å². The zero-order valence-electron chi connectivity index (χ0n) is 17.1. The number of fused-ring (bicyclic) bond motifs is 2. The van der Waals surface area contributed by atoms with Crippen molar-refractivity contribution >= 4 is 33.4 Å². The molecule has 2 aromatic carbocycles. The Labute approximate surface area is 177 Å². The molecule has 0 fully saturated rings. The second-order valence-corrected chi connectivity index (χ2v) is 8.13. The normalized spacial score (nSPS) is 13.5. The number of carbonyl (C=O) groups is 2. The van der Waals surface area contributed by atoms with E-state index in [4.69, 9.17) is 14.2 Å². The molecule has 1 aliphatic rings. The van der Waals surface area contributed by atoms with Crippen LogP contribution in [-0.4, -0.2) is 36.8 Å². The third-order valence-corrected chi connectivity index (χ3v) is 5.96. The average Bonchev–Trinajstić information content (AvgIpc) is 3.04. The van der Waals surface area contributed by atoms with Crippen molar-refractivity contribution in [1.29, 1.82) is 0 Å². The molecule has 0 bridgehead atoms. The van der Waals surface area contributed by atoms with Crippen molar-refractivity contribution < 1.29 is 23.8 Å². The minimum Gasteiger partial charge on any atom is -0.486 e. The quantitative estimate of drug-likeness (QED) is 0.600. The maximum Gasteiger partial charge on any atom is 0.325 e. The van der Waals surface area contributed by atoms with Crippen molar-refractivity contribution in [3.05, 3.63) is 51.8 Å². The van der Waals surface area contributed by atoms with Crippen LogP contribution in [0.15, 0.2) is 35.3 Å². The van der Waals surface area contributed by atoms with E-state index < -0.39 is 5.97 Å². The molecule has 0 spiro atoms. The number of benzene rings is 2. The molecule has 0 saturated carbocycles. The Morgan fingerprint density at radius 1 is 1.13 bits per heavy atom. The van der Waals surface area contributed by atoms with Gasteiger partial charge in [0.15, 0.2) is 16.3 Å². The molecule has 1 aromatic heterocycles. The molecule has 0 N–H and O–H groups in total. The van der Waals surface area contributed by atoms with E-state index in [0.717, 1.165) is 26.9 Å². The van der Waals surface area contributed by atoms with E-state index in [1.54, 1.807) is 4.57 Å². The minimum atomic E-state index is -0.423. The summed E-state index contributed by atoms with van der Waals surface area (Å²) in [5.41, 5.74) is 3.88. The highest BCUT2D eigenvalue weighted by Crippen LogP contribution is 2.35. The number of esters is 1. The Balaban J connectivity index is 1.76. The van der Waals surface area contributed by atoms with Crippen molar-refractivity contribution in [3.63, 3.8) is 0 Å². The first kappa shape index (κ1) is 20.2. The fraction of sp³-hybridized carbons (Fsp3) is 0.318. The van der Waals surface area contributed by atoms with E-state index >= 15 is 0 Å². The third-order valence-electron chi connectivity index (χ3n) is 4.92. The Morgan fingerprint density at radius 3 is 2.57 bits per heavy atom. The third kappa shape index (κ3) is 4.09. The number of ether oxygens (including phenoxy) is 3. The van der Waals surface area contributed by atoms with Gasteiger partial charge in [-0.05, 0) is 25.0 Å². The van der Waals surface area contributed by atoms with Crippen LogP contribution >= 0.6 is 11.3 Å². The van der Waals surface area contributed by atoms with Crippen LogP contribution in [0.25, 0.3) is 10.2 Å². The Morgan fingerprint density at radius 2 is 1.87 bits per heavy atom. The highest BCUT2D eigenvalue weighted by Gasteiger charge is 2.18. The van der Waals surface area contributed by atoms with Gasteiger partial charge < -0.3 is 18.8 Å². The SMILES string of the molecule is COC(=O)Cn1c(=NC(=O)Cc2ccc(C)cc2C)sc2cc3c(cc21)OCCO3. The standard InChI is InChI=1S/C22H22N2O5S/c1-13-4-5-15(14(2)8-13)9-20(25)23-22-24(12-21(26)27-3)16-10-17-18(11-19(16)30-22)29-7-6-28-17/h4-5,8,10-11H,6-7,9,12H2,1-3H3. The highest BCUT2D eigenvalue weighted by molar-refractivity contribution is 7.16. The molecular formula is C22H22N2O5S. The van der Waals surface area contributed by atoms with Crippen LogP contribution in [0.3, 0.4) is 0 Å². The van der Waals surface area contributed by atoms with Gasteiger partial charge in [-0.15, -0.1) is 0 Å². The number of aromatic nitrogens is 1. The second-order valence-electron chi connectivity index (χ2n) is 7.12. The molecule has 0 radical (unpaired) electrons. The lowest BCUT2D eigenvalue weighted by Gasteiger charge is -2.18. The van der Waals surface area contributed by atoms with Crippen molar-refractivity contribution in [2.24, 2.45) is 4.99 Å². The van der Waals surface area contributed by atoms with Crippen molar-refractivity contribution in [1.82, 2.24) is 4.57 Å². The number of thiazole rings is 1. The first-order chi connectivity index (χ1) is 14.4. The molecule has 1 aliphatic heterocycles. The maximum absolute atomic E-state index is 12.7. The van der Waals surface area contributed by atoms with Gasteiger partial charge in [-0.1, -0.05) is 35.1 Å². The lowest BCUT2D eigenvalue weighted by atomic mass is 10.0. The number of hydrogen-bond donors (Lipinski definition) is 0. The van der Waals surface area contributed by atoms with Crippen LogP contribution in [0.2, 0.25) is 0 Å². The van der Waals surface area contributed by atoms with Crippen molar-refractivity contribution in [2.45, 2.75) is 26.8 Å². The summed E-state index contributed by atoms with van der Waals surface area (Å²) < 4.78 is 18.7. The summed E-state index contributed by atoms with van der Waals surface area (Å²) in [6.07, 6.45) is 0.196. The fourth-order valence-corrected chi connectivity index (χ4v) is 4.45. The zero-order chi connectivity index (χ0) is 21.3. The second kappa shape index (κ2) is 8.31. The predicted molar refractivity (Wildman–Crippen MR) is 113 cm³/mol. The van der Waals surface area contributed by atoms with Crippen molar-refractivity contribution in [3.8, 4) is 11.5 Å². The molecule has 0 aliphatic carbocycles. The molecule has 8 heteroatoms. The van der Waals surface area contributed by atoms with Crippen LogP contribution in [-0.2, 0) is 27.3 Å². The fourth-order valence-electron chi connectivity index (χ4n) is 3.39. The van der Waals surface area contributed by atoms with Crippen LogP contribution in [0, 0.1) is 13.8 Å². The van der Waals surface area contributed by atoms with Gasteiger partial charge in [0.1, 0.15) is 19.8 Å². The van der Waals surface area contributed by atoms with Crippen LogP contribution in [0.5, 0.6) is 11.5 Å². The number of aryl methyl sites for hydroxylation is 2. The number of hydrogen-bond acceptors (Lipinski definition) is 6. The molecule has 7 nitrogen and oxygen atoms in total. The molecule has 0 unspecified atom stereocenters. The molecule has 1 amide bonds. The van der Waals surface area contributed by atoms with E-state index in [-0.39, 0.29) is 18.9 Å². The van der Waals surface area contributed by atoms with E-state index in [1.165, 1.54) is 18.4 Å². The lowest BCUT2D eigenvalue weighted by Crippen LogP contribution is -2.23. The number of methoxy groups -OCH3 is 1. The summed E-state index contributed by atoms with van der Waals surface area (Å²) in [5.74, 6) is 0.559. The topological polar surface area (TPSA) is 79.1 Å². The first-order valence-electron chi connectivity index (χ1n) is 9.58. The number of rotatable bonds is 4. The number of carbonyl (C=O) groups excluding carboxylic acids is 2. The molecule has 3 aromatic rings. The highest BCUT2D eigenvalue weighted by atomic mass is 32.1. The largest absolute Gasteiger partial charge is 0.486 e. The first-order valence-corrected chi connectivity index (χ1v) is 10.4. The Bertz CT molecular complexity index is 1210. The van der Waals surface area contributed by atoms with Gasteiger partial charge in [-0.3, -0.25) is 9.59 Å². The Hall–Kier alpha value is -3.13. The van der Waals surface area contributed by atoms with Gasteiger partial charge in [-0.25, -0.2) is 0 Å². The monoisotopic (exact) mass is 426 g/mol. The Kier molecular flexibility index (Phi) is 5.59.